The summed E-state index contributed by atoms with van der Waals surface area (Å²) >= 11 is 0. The van der Waals surface area contributed by atoms with Crippen molar-refractivity contribution < 1.29 is 23.8 Å². The van der Waals surface area contributed by atoms with Crippen LogP contribution in [0.3, 0.4) is 0 Å². The zero-order valence-corrected chi connectivity index (χ0v) is 18.1. The lowest BCUT2D eigenvalue weighted by molar-refractivity contribution is -0.138. The monoisotopic (exact) mass is 438 g/mol. The third-order valence-electron chi connectivity index (χ3n) is 6.45. The topological polar surface area (TPSA) is 79.2 Å². The molecule has 7 heteroatoms. The van der Waals surface area contributed by atoms with Crippen molar-refractivity contribution in [2.24, 2.45) is 16.8 Å². The third-order valence-corrected chi connectivity index (χ3v) is 6.45. The van der Waals surface area contributed by atoms with Crippen LogP contribution in [-0.2, 0) is 11.2 Å². The maximum atomic E-state index is 13.6. The molecule has 4 rings (SSSR count). The average molecular weight is 438 g/mol. The predicted molar refractivity (Wildman–Crippen MR) is 119 cm³/mol. The Hall–Kier alpha value is -3.22. The lowest BCUT2D eigenvalue weighted by atomic mass is 9.78. The van der Waals surface area contributed by atoms with Gasteiger partial charge in [-0.3, -0.25) is 14.6 Å². The molecular weight excluding hydrogens is 411 g/mol. The summed E-state index contributed by atoms with van der Waals surface area (Å²) in [6.45, 7) is 1.57. The summed E-state index contributed by atoms with van der Waals surface area (Å²) in [6, 6.07) is 11.6. The number of carbonyl (C=O) groups is 2. The van der Waals surface area contributed by atoms with Gasteiger partial charge in [0.15, 0.2) is 0 Å². The molecule has 2 heterocycles. The van der Waals surface area contributed by atoms with Gasteiger partial charge in [-0.15, -0.1) is 0 Å². The fourth-order valence-corrected chi connectivity index (χ4v) is 4.80. The third kappa shape index (κ3) is 4.82. The van der Waals surface area contributed by atoms with Crippen LogP contribution in [0.4, 0.5) is 4.39 Å². The van der Waals surface area contributed by atoms with Crippen molar-refractivity contribution in [2.45, 2.75) is 25.7 Å². The Morgan fingerprint density at radius 2 is 2.06 bits per heavy atom. The summed E-state index contributed by atoms with van der Waals surface area (Å²) in [5.74, 6) is -0.783. The standard InChI is InChI=1S/C25H27FN2O4/c1-32-21-5-6-22-17(12-21)7-9-27-23(22)13-19-15-28(10-8-16(19)14-24(29)30)25(31)18-3-2-4-20(26)11-18/h2-6,11-12,16,19H,7-10,13-15H2,1H3,(H,29,30). The highest BCUT2D eigenvalue weighted by atomic mass is 19.1. The number of halogens is 1. The SMILES string of the molecule is COc1ccc2c(c1)CCN=C2CC1CN(C(=O)c2cccc(F)c2)CCC1CC(=O)O. The molecule has 2 aromatic rings. The van der Waals surface area contributed by atoms with Crippen LogP contribution >= 0.6 is 0 Å². The molecule has 6 nitrogen and oxygen atoms in total. The van der Waals surface area contributed by atoms with E-state index in [0.29, 0.717) is 38.0 Å². The molecule has 2 unspecified atom stereocenters. The van der Waals surface area contributed by atoms with Crippen LogP contribution in [0.2, 0.25) is 0 Å². The molecular formula is C25H27FN2O4. The number of hydrogen-bond acceptors (Lipinski definition) is 4. The van der Waals surface area contributed by atoms with Crippen LogP contribution in [0.25, 0.3) is 0 Å². The summed E-state index contributed by atoms with van der Waals surface area (Å²) in [5, 5.41) is 9.42. The fourth-order valence-electron chi connectivity index (χ4n) is 4.80. The van der Waals surface area contributed by atoms with Crippen LogP contribution < -0.4 is 4.74 Å². The summed E-state index contributed by atoms with van der Waals surface area (Å²) in [5.41, 5.74) is 3.51. The molecule has 0 bridgehead atoms. The van der Waals surface area contributed by atoms with Gasteiger partial charge in [-0.2, -0.15) is 0 Å². The lowest BCUT2D eigenvalue weighted by Crippen LogP contribution is -2.45. The second-order valence-corrected chi connectivity index (χ2v) is 8.47. The number of hydrogen-bond donors (Lipinski definition) is 1. The van der Waals surface area contributed by atoms with E-state index >= 15 is 0 Å². The molecule has 2 aliphatic heterocycles. The first-order valence-electron chi connectivity index (χ1n) is 10.9. The molecule has 2 atom stereocenters. The fraction of sp³-hybridized carbons (Fsp3) is 0.400. The highest BCUT2D eigenvalue weighted by Crippen LogP contribution is 2.33. The van der Waals surface area contributed by atoms with Crippen molar-refractivity contribution >= 4 is 17.6 Å². The maximum absolute atomic E-state index is 13.6. The van der Waals surface area contributed by atoms with E-state index in [-0.39, 0.29) is 24.2 Å². The minimum absolute atomic E-state index is 0.0378. The van der Waals surface area contributed by atoms with E-state index in [1.54, 1.807) is 18.1 Å². The van der Waals surface area contributed by atoms with Gasteiger partial charge < -0.3 is 14.7 Å². The van der Waals surface area contributed by atoms with Gasteiger partial charge in [-0.1, -0.05) is 6.07 Å². The zero-order chi connectivity index (χ0) is 22.7. The second-order valence-electron chi connectivity index (χ2n) is 8.47. The number of carboxylic acids is 1. The van der Waals surface area contributed by atoms with Crippen LogP contribution in [0.1, 0.15) is 40.7 Å². The number of ether oxygens (including phenoxy) is 1. The van der Waals surface area contributed by atoms with Crippen molar-refractivity contribution in [1.29, 1.82) is 0 Å². The van der Waals surface area contributed by atoms with Gasteiger partial charge in [0, 0.05) is 37.3 Å². The first-order chi connectivity index (χ1) is 15.4. The van der Waals surface area contributed by atoms with Crippen LogP contribution in [-0.4, -0.2) is 54.3 Å². The maximum Gasteiger partial charge on any atom is 0.303 e. The van der Waals surface area contributed by atoms with E-state index in [0.717, 1.165) is 23.4 Å². The Balaban J connectivity index is 1.56. The molecule has 0 radical (unpaired) electrons. The first kappa shape index (κ1) is 22.0. The largest absolute Gasteiger partial charge is 0.497 e. The van der Waals surface area contributed by atoms with Crippen molar-refractivity contribution in [3.8, 4) is 5.75 Å². The van der Waals surface area contributed by atoms with Crippen LogP contribution in [0, 0.1) is 17.7 Å². The number of piperidine rings is 1. The van der Waals surface area contributed by atoms with Gasteiger partial charge in [0.1, 0.15) is 11.6 Å². The van der Waals surface area contributed by atoms with Crippen LogP contribution in [0.15, 0.2) is 47.5 Å². The number of aliphatic imine (C=N–C) groups is 1. The number of nitrogens with zero attached hydrogens (tertiary/aromatic N) is 2. The first-order valence-corrected chi connectivity index (χ1v) is 10.9. The number of carboxylic acid groups (broad SMARTS) is 1. The average Bonchev–Trinajstić information content (AvgIpc) is 2.79. The second kappa shape index (κ2) is 9.51. The van der Waals surface area contributed by atoms with Gasteiger partial charge in [0.05, 0.1) is 7.11 Å². The van der Waals surface area contributed by atoms with Gasteiger partial charge in [-0.25, -0.2) is 4.39 Å². The normalized spacial score (nSPS) is 20.3. The van der Waals surface area contributed by atoms with Crippen LogP contribution in [0.5, 0.6) is 5.75 Å². The molecule has 1 N–H and O–H groups in total. The molecule has 0 saturated carbocycles. The summed E-state index contributed by atoms with van der Waals surface area (Å²) in [6.07, 6.45) is 2.10. The number of aliphatic carboxylic acids is 1. The quantitative estimate of drug-likeness (QED) is 0.744. The molecule has 0 aliphatic carbocycles. The van der Waals surface area contributed by atoms with E-state index in [1.807, 2.05) is 18.2 Å². The molecule has 2 aliphatic rings. The number of carbonyl (C=O) groups excluding carboxylic acids is 1. The lowest BCUT2D eigenvalue weighted by Gasteiger charge is -2.39. The summed E-state index contributed by atoms with van der Waals surface area (Å²) in [4.78, 5) is 30.9. The molecule has 1 amide bonds. The van der Waals surface area contributed by atoms with Gasteiger partial charge >= 0.3 is 5.97 Å². The smallest absolute Gasteiger partial charge is 0.303 e. The molecule has 1 fully saturated rings. The summed E-state index contributed by atoms with van der Waals surface area (Å²) < 4.78 is 19.0. The number of rotatable bonds is 6. The van der Waals surface area contributed by atoms with Gasteiger partial charge in [-0.05, 0) is 78.6 Å². The minimum atomic E-state index is -0.833. The predicted octanol–water partition coefficient (Wildman–Crippen LogP) is 3.82. The zero-order valence-electron chi connectivity index (χ0n) is 18.1. The van der Waals surface area contributed by atoms with E-state index in [1.165, 1.54) is 23.8 Å². The minimum Gasteiger partial charge on any atom is -0.497 e. The number of likely N-dealkylation sites (tertiary alicyclic amines) is 1. The van der Waals surface area contributed by atoms with Crippen molar-refractivity contribution in [3.05, 3.63) is 65.0 Å². The Morgan fingerprint density at radius 1 is 1.22 bits per heavy atom. The Kier molecular flexibility index (Phi) is 6.53. The molecule has 2 aromatic carbocycles. The number of amides is 1. The van der Waals surface area contributed by atoms with Crippen molar-refractivity contribution in [3.63, 3.8) is 0 Å². The van der Waals surface area contributed by atoms with E-state index in [4.69, 9.17) is 9.73 Å². The Labute approximate surface area is 186 Å². The summed E-state index contributed by atoms with van der Waals surface area (Å²) in [7, 11) is 1.64. The van der Waals surface area contributed by atoms with E-state index in [9.17, 15) is 19.1 Å². The van der Waals surface area contributed by atoms with Crippen molar-refractivity contribution in [1.82, 2.24) is 4.90 Å². The van der Waals surface area contributed by atoms with Gasteiger partial charge in [0.25, 0.3) is 5.91 Å². The van der Waals surface area contributed by atoms with Crippen molar-refractivity contribution in [2.75, 3.05) is 26.7 Å². The number of fused-ring (bicyclic) bond motifs is 1. The number of methoxy groups -OCH3 is 1. The molecule has 1 saturated heterocycles. The Morgan fingerprint density at radius 3 is 2.81 bits per heavy atom. The highest BCUT2D eigenvalue weighted by molar-refractivity contribution is 6.03. The molecule has 0 spiro atoms. The highest BCUT2D eigenvalue weighted by Gasteiger charge is 2.34. The van der Waals surface area contributed by atoms with E-state index < -0.39 is 11.8 Å². The molecule has 0 aromatic heterocycles. The van der Waals surface area contributed by atoms with E-state index in [2.05, 4.69) is 0 Å². The Bertz CT molecular complexity index is 1050. The van der Waals surface area contributed by atoms with Gasteiger partial charge in [0.2, 0.25) is 0 Å². The molecule has 168 valence electrons. The number of benzene rings is 2. The molecule has 32 heavy (non-hydrogen) atoms.